The second kappa shape index (κ2) is 14.1. The Morgan fingerprint density at radius 1 is 1.09 bits per heavy atom. The van der Waals surface area contributed by atoms with E-state index in [0.29, 0.717) is 11.4 Å². The Bertz CT molecular complexity index is 821. The van der Waals surface area contributed by atoms with Gasteiger partial charge < -0.3 is 42.6 Å². The predicted molar refractivity (Wildman–Crippen MR) is 118 cm³/mol. The fraction of sp³-hybridized carbons (Fsp3) is 0.556. The summed E-state index contributed by atoms with van der Waals surface area (Å²) in [7, 11) is 0. The van der Waals surface area contributed by atoms with Crippen molar-refractivity contribution >= 4 is 41.4 Å². The molecule has 0 saturated carbocycles. The first kappa shape index (κ1) is 27.9. The van der Waals surface area contributed by atoms with E-state index >= 15 is 0 Å². The molecule has 1 heterocycles. The minimum Gasteiger partial charge on any atom is -0.480 e. The molecule has 4 amide bonds. The summed E-state index contributed by atoms with van der Waals surface area (Å²) in [5.41, 5.74) is 11.1. The highest BCUT2D eigenvalue weighted by Gasteiger charge is 2.30. The standard InChI is InChI=1S/C18H29N7O7S/c1-33-3-2-11(23-15(28)10(19)5-14(20)27)16(29)25-13(7-26)17(30)24-12(18(31)32)4-9-6-21-8-22-9/h6,8,10-13,26H,2-5,7,19H2,1H3,(H2,20,27)(H,21,22)(H,23,28)(H,24,30)(H,25,29)(H,31,32). The van der Waals surface area contributed by atoms with Crippen LogP contribution in [0, 0.1) is 0 Å². The Morgan fingerprint density at radius 3 is 2.21 bits per heavy atom. The van der Waals surface area contributed by atoms with E-state index < -0.39 is 66.8 Å². The second-order valence-corrected chi connectivity index (χ2v) is 8.03. The molecule has 10 N–H and O–H groups in total. The largest absolute Gasteiger partial charge is 0.480 e. The van der Waals surface area contributed by atoms with Crippen LogP contribution in [-0.2, 0) is 30.4 Å². The number of hydrogen-bond donors (Lipinski definition) is 8. The number of imidazole rings is 1. The van der Waals surface area contributed by atoms with Crippen LogP contribution in [0.25, 0.3) is 0 Å². The van der Waals surface area contributed by atoms with Crippen molar-refractivity contribution in [1.29, 1.82) is 0 Å². The smallest absolute Gasteiger partial charge is 0.326 e. The highest BCUT2D eigenvalue weighted by molar-refractivity contribution is 7.98. The molecule has 15 heteroatoms. The molecule has 0 aliphatic rings. The zero-order valence-electron chi connectivity index (χ0n) is 17.9. The molecule has 4 atom stereocenters. The number of carbonyl (C=O) groups excluding carboxylic acids is 4. The highest BCUT2D eigenvalue weighted by atomic mass is 32.2. The first-order chi connectivity index (χ1) is 15.6. The summed E-state index contributed by atoms with van der Waals surface area (Å²) in [6.45, 7) is -0.821. The van der Waals surface area contributed by atoms with Crippen molar-refractivity contribution in [3.63, 3.8) is 0 Å². The van der Waals surface area contributed by atoms with Crippen molar-refractivity contribution in [2.75, 3.05) is 18.6 Å². The second-order valence-electron chi connectivity index (χ2n) is 7.04. The predicted octanol–water partition coefficient (Wildman–Crippen LogP) is -3.56. The zero-order chi connectivity index (χ0) is 25.0. The third-order valence-electron chi connectivity index (χ3n) is 4.41. The molecular formula is C18H29N7O7S. The van der Waals surface area contributed by atoms with Crippen LogP contribution in [0.1, 0.15) is 18.5 Å². The van der Waals surface area contributed by atoms with E-state index in [1.807, 2.05) is 0 Å². The summed E-state index contributed by atoms with van der Waals surface area (Å²) in [6, 6.07) is -5.20. The molecule has 14 nitrogen and oxygen atoms in total. The van der Waals surface area contributed by atoms with Gasteiger partial charge in [-0.3, -0.25) is 19.2 Å². The number of primary amides is 1. The zero-order valence-corrected chi connectivity index (χ0v) is 18.8. The van der Waals surface area contributed by atoms with Crippen LogP contribution in [0.15, 0.2) is 12.5 Å². The van der Waals surface area contributed by atoms with Gasteiger partial charge >= 0.3 is 5.97 Å². The van der Waals surface area contributed by atoms with Gasteiger partial charge in [-0.05, 0) is 18.4 Å². The monoisotopic (exact) mass is 487 g/mol. The van der Waals surface area contributed by atoms with Gasteiger partial charge in [0, 0.05) is 18.3 Å². The molecule has 1 aromatic rings. The van der Waals surface area contributed by atoms with Gasteiger partial charge in [0.15, 0.2) is 0 Å². The first-order valence-electron chi connectivity index (χ1n) is 9.83. The number of carbonyl (C=O) groups is 5. The maximum absolute atomic E-state index is 12.7. The number of nitrogens with zero attached hydrogens (tertiary/aromatic N) is 1. The first-order valence-corrected chi connectivity index (χ1v) is 11.2. The summed E-state index contributed by atoms with van der Waals surface area (Å²) < 4.78 is 0. The third kappa shape index (κ3) is 9.88. The van der Waals surface area contributed by atoms with Gasteiger partial charge in [0.2, 0.25) is 23.6 Å². The molecule has 0 bridgehead atoms. The van der Waals surface area contributed by atoms with E-state index in [1.165, 1.54) is 24.3 Å². The molecule has 0 spiro atoms. The number of nitrogens with two attached hydrogens (primary N) is 2. The lowest BCUT2D eigenvalue weighted by Crippen LogP contribution is -2.58. The molecule has 184 valence electrons. The van der Waals surface area contributed by atoms with E-state index in [4.69, 9.17) is 11.5 Å². The Hall–Kier alpha value is -3.17. The minimum atomic E-state index is -1.48. The van der Waals surface area contributed by atoms with Crippen molar-refractivity contribution in [3.8, 4) is 0 Å². The Kier molecular flexibility index (Phi) is 11.9. The fourth-order valence-corrected chi connectivity index (χ4v) is 3.12. The Labute approximate surface area is 193 Å². The number of carboxylic acid groups (broad SMARTS) is 1. The van der Waals surface area contributed by atoms with E-state index in [2.05, 4.69) is 25.9 Å². The number of aliphatic hydroxyl groups is 1. The van der Waals surface area contributed by atoms with Crippen LogP contribution < -0.4 is 27.4 Å². The number of thioether (sulfide) groups is 1. The molecule has 0 fully saturated rings. The van der Waals surface area contributed by atoms with Crippen LogP contribution in [0.5, 0.6) is 0 Å². The lowest BCUT2D eigenvalue weighted by Gasteiger charge is -2.24. The molecule has 33 heavy (non-hydrogen) atoms. The number of aliphatic hydroxyl groups excluding tert-OH is 1. The summed E-state index contributed by atoms with van der Waals surface area (Å²) in [5, 5.41) is 25.9. The molecule has 0 aromatic carbocycles. The average Bonchev–Trinajstić information content (AvgIpc) is 3.26. The van der Waals surface area contributed by atoms with Gasteiger partial charge in [0.05, 0.1) is 25.4 Å². The van der Waals surface area contributed by atoms with Crippen molar-refractivity contribution < 1.29 is 34.2 Å². The van der Waals surface area contributed by atoms with Crippen LogP contribution >= 0.6 is 11.8 Å². The average molecular weight is 488 g/mol. The van der Waals surface area contributed by atoms with Crippen molar-refractivity contribution in [2.24, 2.45) is 11.5 Å². The van der Waals surface area contributed by atoms with E-state index in [1.54, 1.807) is 6.26 Å². The maximum Gasteiger partial charge on any atom is 0.326 e. The van der Waals surface area contributed by atoms with Gasteiger partial charge in [-0.1, -0.05) is 0 Å². The topological polar surface area (TPSA) is 243 Å². The normalized spacial score (nSPS) is 14.4. The summed E-state index contributed by atoms with van der Waals surface area (Å²) in [5.74, 6) is -4.16. The van der Waals surface area contributed by atoms with Crippen molar-refractivity contribution in [3.05, 3.63) is 18.2 Å². The van der Waals surface area contributed by atoms with Gasteiger partial charge in [-0.2, -0.15) is 11.8 Å². The third-order valence-corrected chi connectivity index (χ3v) is 5.05. The van der Waals surface area contributed by atoms with Crippen LogP contribution in [0.3, 0.4) is 0 Å². The van der Waals surface area contributed by atoms with E-state index in [9.17, 15) is 34.2 Å². The molecule has 1 aromatic heterocycles. The van der Waals surface area contributed by atoms with E-state index in [0.717, 1.165) is 0 Å². The maximum atomic E-state index is 12.7. The number of aromatic nitrogens is 2. The molecule has 0 aliphatic carbocycles. The summed E-state index contributed by atoms with van der Waals surface area (Å²) in [6.07, 6.45) is 4.18. The SMILES string of the molecule is CSCCC(NC(=O)C(N)CC(N)=O)C(=O)NC(CO)C(=O)NC(Cc1cnc[nH]1)C(=O)O. The van der Waals surface area contributed by atoms with Gasteiger partial charge in [0.25, 0.3) is 0 Å². The van der Waals surface area contributed by atoms with E-state index in [-0.39, 0.29) is 12.8 Å². The number of hydrogen-bond acceptors (Lipinski definition) is 9. The molecule has 0 radical (unpaired) electrons. The van der Waals surface area contributed by atoms with Crippen molar-refractivity contribution in [2.45, 2.75) is 43.4 Å². The van der Waals surface area contributed by atoms with Crippen LogP contribution in [0.4, 0.5) is 0 Å². The van der Waals surface area contributed by atoms with Crippen LogP contribution in [-0.4, -0.2) is 92.6 Å². The number of aromatic amines is 1. The number of H-pyrrole nitrogens is 1. The van der Waals surface area contributed by atoms with Gasteiger partial charge in [0.1, 0.15) is 18.1 Å². The summed E-state index contributed by atoms with van der Waals surface area (Å²) in [4.78, 5) is 66.3. The quantitative estimate of drug-likeness (QED) is 0.121. The fourth-order valence-electron chi connectivity index (χ4n) is 2.65. The number of nitrogens with one attached hydrogen (secondary N) is 4. The lowest BCUT2D eigenvalue weighted by atomic mass is 10.1. The number of carboxylic acids is 1. The number of aliphatic carboxylic acids is 1. The van der Waals surface area contributed by atoms with Crippen molar-refractivity contribution in [1.82, 2.24) is 25.9 Å². The number of rotatable bonds is 15. The lowest BCUT2D eigenvalue weighted by molar-refractivity contribution is -0.142. The molecule has 0 saturated heterocycles. The molecule has 1 rings (SSSR count). The molecular weight excluding hydrogens is 458 g/mol. The minimum absolute atomic E-state index is 0.0999. The summed E-state index contributed by atoms with van der Waals surface area (Å²) >= 11 is 1.40. The Balaban J connectivity index is 2.82. The highest BCUT2D eigenvalue weighted by Crippen LogP contribution is 2.04. The molecule has 4 unspecified atom stereocenters. The number of amides is 4. The van der Waals surface area contributed by atoms with Gasteiger partial charge in [-0.15, -0.1) is 0 Å². The molecule has 0 aliphatic heterocycles. The Morgan fingerprint density at radius 2 is 1.70 bits per heavy atom. The van der Waals surface area contributed by atoms with Crippen LogP contribution in [0.2, 0.25) is 0 Å². The van der Waals surface area contributed by atoms with Gasteiger partial charge in [-0.25, -0.2) is 9.78 Å².